The van der Waals surface area contributed by atoms with Gasteiger partial charge in [-0.2, -0.15) is 0 Å². The Balaban J connectivity index is 1.64. The molecule has 1 saturated heterocycles. The number of amides is 2. The molecule has 0 aromatic heterocycles. The van der Waals surface area contributed by atoms with Crippen molar-refractivity contribution in [3.8, 4) is 0 Å². The first-order chi connectivity index (χ1) is 14.1. The number of fused-ring (bicyclic) bond motifs is 2. The highest BCUT2D eigenvalue weighted by molar-refractivity contribution is 8.02. The van der Waals surface area contributed by atoms with E-state index in [1.807, 2.05) is 78.9 Å². The number of thioether (sulfide) groups is 1. The van der Waals surface area contributed by atoms with Crippen molar-refractivity contribution in [1.82, 2.24) is 0 Å². The van der Waals surface area contributed by atoms with Gasteiger partial charge in [0.25, 0.3) is 5.91 Å². The lowest BCUT2D eigenvalue weighted by atomic mass is 10.0. The van der Waals surface area contributed by atoms with Crippen molar-refractivity contribution in [1.29, 1.82) is 0 Å². The van der Waals surface area contributed by atoms with E-state index in [0.29, 0.717) is 11.6 Å². The second kappa shape index (κ2) is 6.94. The number of hydrogen-bond donors (Lipinski definition) is 0. The molecule has 29 heavy (non-hydrogen) atoms. The van der Waals surface area contributed by atoms with Crippen LogP contribution in [0.1, 0.15) is 11.1 Å². The van der Waals surface area contributed by atoms with Gasteiger partial charge in [0.15, 0.2) is 0 Å². The molecular formula is C23H17ClN2O2S. The number of rotatable bonds is 3. The molecule has 1 atom stereocenters. The van der Waals surface area contributed by atoms with E-state index in [2.05, 4.69) is 0 Å². The smallest absolute Gasteiger partial charge is 0.269 e. The Hall–Kier alpha value is -2.76. The van der Waals surface area contributed by atoms with E-state index < -0.39 is 4.87 Å². The maximum atomic E-state index is 13.9. The fraction of sp³-hybridized carbons (Fsp3) is 0.130. The van der Waals surface area contributed by atoms with Gasteiger partial charge in [-0.05, 0) is 35.9 Å². The highest BCUT2D eigenvalue weighted by Crippen LogP contribution is 2.55. The van der Waals surface area contributed by atoms with Crippen molar-refractivity contribution < 1.29 is 9.59 Å². The molecule has 4 nitrogen and oxygen atoms in total. The zero-order chi connectivity index (χ0) is 20.0. The maximum absolute atomic E-state index is 13.9. The van der Waals surface area contributed by atoms with E-state index in [-0.39, 0.29) is 17.6 Å². The highest BCUT2D eigenvalue weighted by Gasteiger charge is 2.60. The Kier molecular flexibility index (Phi) is 4.37. The molecule has 5 rings (SSSR count). The lowest BCUT2D eigenvalue weighted by molar-refractivity contribution is -0.123. The van der Waals surface area contributed by atoms with E-state index in [4.69, 9.17) is 11.6 Å². The summed E-state index contributed by atoms with van der Waals surface area (Å²) >= 11 is 7.54. The zero-order valence-corrected chi connectivity index (χ0v) is 17.0. The summed E-state index contributed by atoms with van der Waals surface area (Å²) in [5, 5.41) is 0.633. The van der Waals surface area contributed by atoms with Gasteiger partial charge < -0.3 is 4.90 Å². The third-order valence-electron chi connectivity index (χ3n) is 5.31. The van der Waals surface area contributed by atoms with Crippen LogP contribution < -0.4 is 9.80 Å². The van der Waals surface area contributed by atoms with Gasteiger partial charge in [0, 0.05) is 16.3 Å². The van der Waals surface area contributed by atoms with Gasteiger partial charge in [0.1, 0.15) is 0 Å². The third kappa shape index (κ3) is 2.76. The van der Waals surface area contributed by atoms with Gasteiger partial charge in [-0.1, -0.05) is 60.1 Å². The van der Waals surface area contributed by atoms with Crippen molar-refractivity contribution in [2.45, 2.75) is 11.4 Å². The molecule has 2 heterocycles. The van der Waals surface area contributed by atoms with Gasteiger partial charge in [-0.15, -0.1) is 11.8 Å². The van der Waals surface area contributed by atoms with Crippen LogP contribution in [0.3, 0.4) is 0 Å². The molecule has 2 amide bonds. The fourth-order valence-electron chi connectivity index (χ4n) is 4.11. The molecule has 2 aliphatic rings. The summed E-state index contributed by atoms with van der Waals surface area (Å²) in [6.07, 6.45) is 0. The Labute approximate surface area is 178 Å². The van der Waals surface area contributed by atoms with Crippen LogP contribution in [0, 0.1) is 0 Å². The van der Waals surface area contributed by atoms with Gasteiger partial charge in [-0.3, -0.25) is 14.5 Å². The lowest BCUT2D eigenvalue weighted by Crippen LogP contribution is -2.49. The largest absolute Gasteiger partial charge is 0.304 e. The SMILES string of the molecule is O=C1CS[C@]2(C(=O)N(Cc3cccc(Cl)c3)c3ccccc32)N1c1ccccc1. The van der Waals surface area contributed by atoms with Gasteiger partial charge >= 0.3 is 0 Å². The highest BCUT2D eigenvalue weighted by atomic mass is 35.5. The molecule has 0 saturated carbocycles. The number of carbonyl (C=O) groups excluding carboxylic acids is 2. The number of nitrogens with zero attached hydrogens (tertiary/aromatic N) is 2. The fourth-order valence-corrected chi connectivity index (χ4v) is 5.68. The molecule has 6 heteroatoms. The maximum Gasteiger partial charge on any atom is 0.269 e. The minimum atomic E-state index is -1.08. The van der Waals surface area contributed by atoms with E-state index in [0.717, 1.165) is 22.5 Å². The molecule has 1 spiro atoms. The Morgan fingerprint density at radius 2 is 1.69 bits per heavy atom. The van der Waals surface area contributed by atoms with E-state index in [1.54, 1.807) is 9.80 Å². The number of halogens is 1. The van der Waals surface area contributed by atoms with Crippen LogP contribution in [-0.4, -0.2) is 17.6 Å². The normalized spacial score (nSPS) is 20.6. The summed E-state index contributed by atoms with van der Waals surface area (Å²) in [5.74, 6) is 0.104. The summed E-state index contributed by atoms with van der Waals surface area (Å²) in [6.45, 7) is 0.398. The minimum Gasteiger partial charge on any atom is -0.304 e. The first-order valence-corrected chi connectivity index (χ1v) is 10.7. The summed E-state index contributed by atoms with van der Waals surface area (Å²) in [7, 11) is 0. The van der Waals surface area contributed by atoms with Crippen LogP contribution in [0.2, 0.25) is 5.02 Å². The molecular weight excluding hydrogens is 404 g/mol. The molecule has 3 aromatic carbocycles. The van der Waals surface area contributed by atoms with E-state index >= 15 is 0 Å². The average Bonchev–Trinajstić information content (AvgIpc) is 3.20. The van der Waals surface area contributed by atoms with Crippen LogP contribution in [0.4, 0.5) is 11.4 Å². The van der Waals surface area contributed by atoms with Gasteiger partial charge in [-0.25, -0.2) is 0 Å². The topological polar surface area (TPSA) is 40.6 Å². The zero-order valence-electron chi connectivity index (χ0n) is 15.4. The molecule has 0 bridgehead atoms. The summed E-state index contributed by atoms with van der Waals surface area (Å²) in [4.78, 5) is 29.2. The standard InChI is InChI=1S/C23H17ClN2O2S/c24-17-8-6-7-16(13-17)14-25-20-12-5-4-11-19(20)23(22(25)28)26(21(27)15-29-23)18-9-2-1-3-10-18/h1-13H,14-15H2/t23-/m1/s1. The first-order valence-electron chi connectivity index (χ1n) is 9.29. The van der Waals surface area contributed by atoms with Crippen LogP contribution >= 0.6 is 23.4 Å². The van der Waals surface area contributed by atoms with Gasteiger partial charge in [0.05, 0.1) is 18.0 Å². The molecule has 0 unspecified atom stereocenters. The summed E-state index contributed by atoms with van der Waals surface area (Å²) in [6, 6.07) is 24.7. The van der Waals surface area contributed by atoms with Gasteiger partial charge in [0.2, 0.25) is 10.8 Å². The number of anilines is 2. The van der Waals surface area contributed by atoms with E-state index in [9.17, 15) is 9.59 Å². The molecule has 0 radical (unpaired) electrons. The predicted molar refractivity (Wildman–Crippen MR) is 117 cm³/mol. The Morgan fingerprint density at radius 3 is 2.48 bits per heavy atom. The average molecular weight is 421 g/mol. The quantitative estimate of drug-likeness (QED) is 0.610. The van der Waals surface area contributed by atoms with Crippen molar-refractivity contribution >= 4 is 46.6 Å². The monoisotopic (exact) mass is 420 g/mol. The molecule has 0 N–H and O–H groups in total. The molecule has 144 valence electrons. The van der Waals surface area contributed by atoms with Crippen molar-refractivity contribution in [2.75, 3.05) is 15.6 Å². The molecule has 2 aliphatic heterocycles. The van der Waals surface area contributed by atoms with Crippen molar-refractivity contribution in [2.24, 2.45) is 0 Å². The number of benzene rings is 3. The summed E-state index contributed by atoms with van der Waals surface area (Å²) in [5.41, 5.74) is 3.36. The summed E-state index contributed by atoms with van der Waals surface area (Å²) < 4.78 is 0. The molecule has 1 fully saturated rings. The first kappa shape index (κ1) is 18.3. The third-order valence-corrected chi connectivity index (χ3v) is 6.93. The minimum absolute atomic E-state index is 0.0611. The van der Waals surface area contributed by atoms with Crippen molar-refractivity contribution in [3.05, 3.63) is 95.0 Å². The molecule has 3 aromatic rings. The lowest BCUT2D eigenvalue weighted by Gasteiger charge is -2.33. The number of carbonyl (C=O) groups is 2. The number of hydrogen-bond acceptors (Lipinski definition) is 3. The van der Waals surface area contributed by atoms with Crippen LogP contribution in [0.15, 0.2) is 78.9 Å². The van der Waals surface area contributed by atoms with Crippen LogP contribution in [0.25, 0.3) is 0 Å². The second-order valence-corrected chi connectivity index (χ2v) is 8.64. The molecule has 0 aliphatic carbocycles. The number of para-hydroxylation sites is 2. The Morgan fingerprint density at radius 1 is 0.931 bits per heavy atom. The predicted octanol–water partition coefficient (Wildman–Crippen LogP) is 4.82. The van der Waals surface area contributed by atoms with Crippen LogP contribution in [-0.2, 0) is 21.0 Å². The van der Waals surface area contributed by atoms with Crippen LogP contribution in [0.5, 0.6) is 0 Å². The Bertz CT molecular complexity index is 1120. The van der Waals surface area contributed by atoms with Crippen molar-refractivity contribution in [3.63, 3.8) is 0 Å². The van der Waals surface area contributed by atoms with E-state index in [1.165, 1.54) is 11.8 Å². The second-order valence-electron chi connectivity index (χ2n) is 7.04.